The van der Waals surface area contributed by atoms with Crippen LogP contribution in [0.2, 0.25) is 0 Å². The topological polar surface area (TPSA) is 56.0 Å². The Balaban J connectivity index is 2.18. The number of nitrogens with zero attached hydrogens (tertiary/aromatic N) is 4. The van der Waals surface area contributed by atoms with Crippen LogP contribution in [0.25, 0.3) is 0 Å². The van der Waals surface area contributed by atoms with Crippen LogP contribution in [0.3, 0.4) is 0 Å². The molecule has 5 nitrogen and oxygen atoms in total. The second kappa shape index (κ2) is 3.55. The van der Waals surface area contributed by atoms with Crippen molar-refractivity contribution in [2.75, 3.05) is 18.0 Å². The van der Waals surface area contributed by atoms with Crippen LogP contribution in [-0.2, 0) is 0 Å². The van der Waals surface area contributed by atoms with Crippen molar-refractivity contribution in [3.63, 3.8) is 0 Å². The average molecular weight is 180 g/mol. The lowest BCUT2D eigenvalue weighted by Gasteiger charge is -2.22. The number of piperidine rings is 1. The summed E-state index contributed by atoms with van der Waals surface area (Å²) in [5, 5.41) is 14.8. The van der Waals surface area contributed by atoms with E-state index in [1.807, 2.05) is 4.90 Å². The van der Waals surface area contributed by atoms with Gasteiger partial charge in [0, 0.05) is 0 Å². The monoisotopic (exact) mass is 180 g/mol. The van der Waals surface area contributed by atoms with Gasteiger partial charge < -0.3 is 5.21 Å². The lowest BCUT2D eigenvalue weighted by molar-refractivity contribution is -0.659. The number of hydrogen-bond donors (Lipinski definition) is 0. The first kappa shape index (κ1) is 8.22. The van der Waals surface area contributed by atoms with Gasteiger partial charge >= 0.3 is 5.95 Å². The molecule has 0 bridgehead atoms. The fraction of sp³-hybridized carbons (Fsp3) is 0.625. The van der Waals surface area contributed by atoms with Crippen molar-refractivity contribution in [2.45, 2.75) is 19.3 Å². The lowest BCUT2D eigenvalue weighted by atomic mass is 10.1. The molecule has 0 spiro atoms. The van der Waals surface area contributed by atoms with Crippen LogP contribution in [0.15, 0.2) is 12.4 Å². The zero-order valence-electron chi connectivity index (χ0n) is 7.39. The van der Waals surface area contributed by atoms with Gasteiger partial charge in [0.2, 0.25) is 0 Å². The average Bonchev–Trinajstić information content (AvgIpc) is 2.20. The van der Waals surface area contributed by atoms with Gasteiger partial charge in [0.15, 0.2) is 0 Å². The Labute approximate surface area is 76.6 Å². The second-order valence-electron chi connectivity index (χ2n) is 3.16. The van der Waals surface area contributed by atoms with Gasteiger partial charge in [0.1, 0.15) is 6.20 Å². The molecule has 0 aromatic carbocycles. The Morgan fingerprint density at radius 3 is 2.69 bits per heavy atom. The van der Waals surface area contributed by atoms with Crippen LogP contribution in [0, 0.1) is 5.21 Å². The highest BCUT2D eigenvalue weighted by Gasteiger charge is 2.20. The Bertz CT molecular complexity index is 285. The molecule has 0 amide bonds. The first-order valence-electron chi connectivity index (χ1n) is 4.54. The molecule has 0 N–H and O–H groups in total. The van der Waals surface area contributed by atoms with Crippen molar-refractivity contribution < 1.29 is 4.85 Å². The smallest absolute Gasteiger partial charge is 0.414 e. The summed E-state index contributed by atoms with van der Waals surface area (Å²) < 4.78 is 0. The van der Waals surface area contributed by atoms with E-state index < -0.39 is 0 Å². The van der Waals surface area contributed by atoms with Crippen LogP contribution in [0.1, 0.15) is 19.3 Å². The number of rotatable bonds is 1. The maximum atomic E-state index is 11.2. The molecule has 13 heavy (non-hydrogen) atoms. The molecule has 1 aromatic heterocycles. The van der Waals surface area contributed by atoms with Gasteiger partial charge in [-0.2, -0.15) is 0 Å². The van der Waals surface area contributed by atoms with E-state index in [-0.39, 0.29) is 0 Å². The van der Waals surface area contributed by atoms with E-state index in [0.717, 1.165) is 25.9 Å². The summed E-state index contributed by atoms with van der Waals surface area (Å²) in [6.07, 6.45) is 6.47. The molecule has 0 atom stereocenters. The minimum atomic E-state index is 0.433. The third-order valence-corrected chi connectivity index (χ3v) is 2.24. The summed E-state index contributed by atoms with van der Waals surface area (Å²) in [6, 6.07) is 0. The van der Waals surface area contributed by atoms with E-state index in [4.69, 9.17) is 0 Å². The Morgan fingerprint density at radius 1 is 1.23 bits per heavy atom. The second-order valence-corrected chi connectivity index (χ2v) is 3.16. The number of aromatic nitrogens is 3. The normalized spacial score (nSPS) is 17.4. The third-order valence-electron chi connectivity index (χ3n) is 2.24. The molecule has 1 aromatic rings. The van der Waals surface area contributed by atoms with Crippen LogP contribution >= 0.6 is 0 Å². The molecule has 0 radical (unpaired) electrons. The Kier molecular flexibility index (Phi) is 2.25. The van der Waals surface area contributed by atoms with Crippen molar-refractivity contribution in [3.8, 4) is 0 Å². The summed E-state index contributed by atoms with van der Waals surface area (Å²) in [5.74, 6) is 0.433. The van der Waals surface area contributed by atoms with Crippen molar-refractivity contribution in [2.24, 2.45) is 0 Å². The van der Waals surface area contributed by atoms with Crippen LogP contribution in [0.5, 0.6) is 0 Å². The van der Waals surface area contributed by atoms with Crippen molar-refractivity contribution >= 4 is 5.95 Å². The molecule has 1 fully saturated rings. The standard InChI is InChI=1S/C8H12N4O/c13-12-8(9-4-5-10-12)11-6-2-1-3-7-11/h4-5H,1-3,6-7H2. The van der Waals surface area contributed by atoms with Crippen molar-refractivity contribution in [1.82, 2.24) is 10.1 Å². The first-order chi connectivity index (χ1) is 6.38. The maximum Gasteiger partial charge on any atom is 0.414 e. The van der Waals surface area contributed by atoms with E-state index in [1.54, 1.807) is 6.20 Å². The molecule has 1 aliphatic heterocycles. The zero-order chi connectivity index (χ0) is 9.10. The van der Waals surface area contributed by atoms with Crippen LogP contribution < -0.4 is 9.75 Å². The molecular formula is C8H12N4O. The van der Waals surface area contributed by atoms with Gasteiger partial charge in [-0.1, -0.05) is 4.98 Å². The van der Waals surface area contributed by atoms with Crippen molar-refractivity contribution in [3.05, 3.63) is 17.6 Å². The molecule has 0 saturated carbocycles. The molecule has 2 heterocycles. The SMILES string of the molecule is [O-][n+]1nccnc1N1CCCCC1. The molecule has 1 aliphatic rings. The minimum Gasteiger partial charge on any atom is -0.722 e. The van der Waals surface area contributed by atoms with Gasteiger partial charge in [-0.3, -0.25) is 4.90 Å². The largest absolute Gasteiger partial charge is 0.722 e. The van der Waals surface area contributed by atoms with E-state index in [9.17, 15) is 5.21 Å². The summed E-state index contributed by atoms with van der Waals surface area (Å²) in [5.41, 5.74) is 0. The van der Waals surface area contributed by atoms with E-state index in [0.29, 0.717) is 10.8 Å². The van der Waals surface area contributed by atoms with Gasteiger partial charge in [0.25, 0.3) is 0 Å². The summed E-state index contributed by atoms with van der Waals surface area (Å²) in [7, 11) is 0. The Hall–Kier alpha value is -1.39. The van der Waals surface area contributed by atoms with Crippen LogP contribution in [-0.4, -0.2) is 23.2 Å². The molecule has 2 rings (SSSR count). The van der Waals surface area contributed by atoms with Gasteiger partial charge in [0.05, 0.1) is 19.3 Å². The summed E-state index contributed by atoms with van der Waals surface area (Å²) in [4.78, 5) is 6.59. The predicted octanol–water partition coefficient (Wildman–Crippen LogP) is 0.100. The quantitative estimate of drug-likeness (QED) is 0.454. The highest BCUT2D eigenvalue weighted by atomic mass is 16.5. The molecular weight excluding hydrogens is 168 g/mol. The molecule has 1 saturated heterocycles. The lowest BCUT2D eigenvalue weighted by Crippen LogP contribution is -2.43. The summed E-state index contributed by atoms with van der Waals surface area (Å²) >= 11 is 0. The van der Waals surface area contributed by atoms with E-state index in [1.165, 1.54) is 12.6 Å². The van der Waals surface area contributed by atoms with E-state index >= 15 is 0 Å². The molecule has 70 valence electrons. The van der Waals surface area contributed by atoms with Crippen molar-refractivity contribution in [1.29, 1.82) is 0 Å². The molecule has 0 unspecified atom stereocenters. The fourth-order valence-electron chi connectivity index (χ4n) is 1.59. The predicted molar refractivity (Wildman–Crippen MR) is 47.1 cm³/mol. The highest BCUT2D eigenvalue weighted by molar-refractivity contribution is 5.22. The van der Waals surface area contributed by atoms with Gasteiger partial charge in [-0.05, 0) is 19.3 Å². The molecule has 0 aliphatic carbocycles. The van der Waals surface area contributed by atoms with E-state index in [2.05, 4.69) is 10.1 Å². The minimum absolute atomic E-state index is 0.433. The highest BCUT2D eigenvalue weighted by Crippen LogP contribution is 2.12. The number of anilines is 1. The van der Waals surface area contributed by atoms with Gasteiger partial charge in [-0.15, -0.1) is 9.94 Å². The van der Waals surface area contributed by atoms with Gasteiger partial charge in [-0.25, -0.2) is 0 Å². The zero-order valence-corrected chi connectivity index (χ0v) is 7.39. The summed E-state index contributed by atoms with van der Waals surface area (Å²) in [6.45, 7) is 1.84. The first-order valence-corrected chi connectivity index (χ1v) is 4.54. The Morgan fingerprint density at radius 2 is 2.00 bits per heavy atom. The number of hydrogen-bond acceptors (Lipinski definition) is 4. The molecule has 5 heteroatoms. The maximum absolute atomic E-state index is 11.2. The fourth-order valence-corrected chi connectivity index (χ4v) is 1.59. The third kappa shape index (κ3) is 1.68. The van der Waals surface area contributed by atoms with Crippen LogP contribution in [0.4, 0.5) is 5.95 Å².